The molecule has 0 aliphatic carbocycles. The fourth-order valence-corrected chi connectivity index (χ4v) is 1.37. The Balaban J connectivity index is 2.27. The highest BCUT2D eigenvalue weighted by Crippen LogP contribution is 2.12. The zero-order valence-corrected chi connectivity index (χ0v) is 10.7. The van der Waals surface area contributed by atoms with Crippen LogP contribution in [0.2, 0.25) is 0 Å². The van der Waals surface area contributed by atoms with Gasteiger partial charge in [-0.2, -0.15) is 0 Å². The van der Waals surface area contributed by atoms with Crippen LogP contribution in [0.25, 0.3) is 0 Å². The summed E-state index contributed by atoms with van der Waals surface area (Å²) in [6, 6.07) is 5.81. The van der Waals surface area contributed by atoms with Gasteiger partial charge in [-0.25, -0.2) is 4.39 Å². The van der Waals surface area contributed by atoms with Gasteiger partial charge in [0.1, 0.15) is 17.7 Å². The zero-order valence-electron chi connectivity index (χ0n) is 10.7. The van der Waals surface area contributed by atoms with Gasteiger partial charge in [0.15, 0.2) is 0 Å². The number of ether oxygens (including phenoxy) is 1. The highest BCUT2D eigenvalue weighted by Gasteiger charge is 2.06. The van der Waals surface area contributed by atoms with Gasteiger partial charge in [-0.3, -0.25) is 4.79 Å². The van der Waals surface area contributed by atoms with E-state index >= 15 is 0 Å². The molecule has 4 nitrogen and oxygen atoms in total. The van der Waals surface area contributed by atoms with E-state index in [-0.39, 0.29) is 17.8 Å². The molecular formula is C13H19FN2O2. The predicted octanol–water partition coefficient (Wildman–Crippen LogP) is 1.32. The van der Waals surface area contributed by atoms with Gasteiger partial charge in [0, 0.05) is 13.0 Å². The van der Waals surface area contributed by atoms with E-state index in [0.717, 1.165) is 0 Å². The molecule has 1 aromatic carbocycles. The summed E-state index contributed by atoms with van der Waals surface area (Å²) in [4.78, 5) is 11.3. The summed E-state index contributed by atoms with van der Waals surface area (Å²) in [7, 11) is 1.80. The molecule has 5 heteroatoms. The van der Waals surface area contributed by atoms with Gasteiger partial charge in [-0.1, -0.05) is 0 Å². The number of rotatable bonds is 7. The third kappa shape index (κ3) is 5.63. The van der Waals surface area contributed by atoms with Crippen molar-refractivity contribution in [2.24, 2.45) is 0 Å². The Hall–Kier alpha value is -1.62. The highest BCUT2D eigenvalue weighted by molar-refractivity contribution is 5.76. The Labute approximate surface area is 107 Å². The maximum Gasteiger partial charge on any atom is 0.221 e. The number of benzene rings is 1. The van der Waals surface area contributed by atoms with Crippen molar-refractivity contribution in [1.82, 2.24) is 10.6 Å². The van der Waals surface area contributed by atoms with E-state index in [1.165, 1.54) is 12.1 Å². The standard InChI is InChI=1S/C13H19FN2O2/c1-10(9-16-13(17)7-8-15-2)18-12-5-3-11(14)4-6-12/h3-6,10,15H,7-9H2,1-2H3,(H,16,17). The molecule has 2 N–H and O–H groups in total. The lowest BCUT2D eigenvalue weighted by molar-refractivity contribution is -0.121. The fourth-order valence-electron chi connectivity index (χ4n) is 1.37. The van der Waals surface area contributed by atoms with E-state index in [1.54, 1.807) is 19.2 Å². The van der Waals surface area contributed by atoms with Crippen LogP contribution in [-0.2, 0) is 4.79 Å². The van der Waals surface area contributed by atoms with E-state index in [2.05, 4.69) is 10.6 Å². The molecule has 0 aliphatic rings. The summed E-state index contributed by atoms with van der Waals surface area (Å²) in [5.74, 6) is 0.280. The zero-order chi connectivity index (χ0) is 13.4. The minimum absolute atomic E-state index is 0.0149. The van der Waals surface area contributed by atoms with Crippen molar-refractivity contribution < 1.29 is 13.9 Å². The average molecular weight is 254 g/mol. The van der Waals surface area contributed by atoms with Crippen LogP contribution in [-0.4, -0.2) is 32.1 Å². The van der Waals surface area contributed by atoms with Gasteiger partial charge in [-0.05, 0) is 38.2 Å². The van der Waals surface area contributed by atoms with Gasteiger partial charge >= 0.3 is 0 Å². The second-order valence-corrected chi connectivity index (χ2v) is 4.04. The van der Waals surface area contributed by atoms with E-state index in [1.807, 2.05) is 6.92 Å². The summed E-state index contributed by atoms with van der Waals surface area (Å²) < 4.78 is 18.2. The molecule has 0 bridgehead atoms. The second-order valence-electron chi connectivity index (χ2n) is 4.04. The van der Waals surface area contributed by atoms with Crippen LogP contribution in [0.3, 0.4) is 0 Å². The van der Waals surface area contributed by atoms with Gasteiger partial charge in [0.05, 0.1) is 6.54 Å². The first-order valence-corrected chi connectivity index (χ1v) is 5.95. The van der Waals surface area contributed by atoms with Crippen molar-refractivity contribution in [2.45, 2.75) is 19.4 Å². The van der Waals surface area contributed by atoms with Gasteiger partial charge in [0.25, 0.3) is 0 Å². The molecule has 18 heavy (non-hydrogen) atoms. The molecule has 1 aromatic rings. The summed E-state index contributed by atoms with van der Waals surface area (Å²) >= 11 is 0. The number of nitrogens with one attached hydrogen (secondary N) is 2. The molecule has 0 radical (unpaired) electrons. The Morgan fingerprint density at radius 3 is 2.67 bits per heavy atom. The summed E-state index contributed by atoms with van der Waals surface area (Å²) in [6.07, 6.45) is 0.286. The van der Waals surface area contributed by atoms with Crippen molar-refractivity contribution in [1.29, 1.82) is 0 Å². The van der Waals surface area contributed by atoms with Crippen LogP contribution in [0.15, 0.2) is 24.3 Å². The molecule has 0 saturated heterocycles. The van der Waals surface area contributed by atoms with Crippen LogP contribution in [0, 0.1) is 5.82 Å². The molecule has 0 saturated carbocycles. The monoisotopic (exact) mass is 254 g/mol. The molecular weight excluding hydrogens is 235 g/mol. The largest absolute Gasteiger partial charge is 0.489 e. The topological polar surface area (TPSA) is 50.4 Å². The smallest absolute Gasteiger partial charge is 0.221 e. The first kappa shape index (κ1) is 14.4. The molecule has 0 fully saturated rings. The average Bonchev–Trinajstić information content (AvgIpc) is 2.36. The second kappa shape index (κ2) is 7.66. The van der Waals surface area contributed by atoms with E-state index in [4.69, 9.17) is 4.74 Å². The minimum Gasteiger partial charge on any atom is -0.489 e. The van der Waals surface area contributed by atoms with Crippen LogP contribution < -0.4 is 15.4 Å². The van der Waals surface area contributed by atoms with Crippen molar-refractivity contribution >= 4 is 5.91 Å². The van der Waals surface area contributed by atoms with Gasteiger partial charge in [0.2, 0.25) is 5.91 Å². The fraction of sp³-hybridized carbons (Fsp3) is 0.462. The maximum absolute atomic E-state index is 12.7. The number of hydrogen-bond donors (Lipinski definition) is 2. The molecule has 1 unspecified atom stereocenters. The predicted molar refractivity (Wildman–Crippen MR) is 68.0 cm³/mol. The van der Waals surface area contributed by atoms with Crippen LogP contribution >= 0.6 is 0 Å². The Kier molecular flexibility index (Phi) is 6.14. The lowest BCUT2D eigenvalue weighted by Gasteiger charge is -2.15. The summed E-state index contributed by atoms with van der Waals surface area (Å²) in [5.41, 5.74) is 0. The Bertz CT molecular complexity index is 368. The Morgan fingerprint density at radius 2 is 2.06 bits per heavy atom. The molecule has 0 spiro atoms. The normalized spacial score (nSPS) is 11.9. The lowest BCUT2D eigenvalue weighted by atomic mass is 10.3. The van der Waals surface area contributed by atoms with Gasteiger partial charge in [-0.15, -0.1) is 0 Å². The third-order valence-corrected chi connectivity index (χ3v) is 2.34. The van der Waals surface area contributed by atoms with E-state index in [0.29, 0.717) is 25.3 Å². The number of amides is 1. The van der Waals surface area contributed by atoms with E-state index < -0.39 is 0 Å². The van der Waals surface area contributed by atoms with Crippen molar-refractivity contribution in [2.75, 3.05) is 20.1 Å². The molecule has 1 rings (SSSR count). The molecule has 100 valence electrons. The first-order chi connectivity index (χ1) is 8.61. The summed E-state index contributed by atoms with van der Waals surface area (Å²) in [6.45, 7) is 2.93. The molecule has 1 amide bonds. The van der Waals surface area contributed by atoms with Crippen LogP contribution in [0.5, 0.6) is 5.75 Å². The highest BCUT2D eigenvalue weighted by atomic mass is 19.1. The van der Waals surface area contributed by atoms with Crippen molar-refractivity contribution in [3.05, 3.63) is 30.1 Å². The van der Waals surface area contributed by atoms with Crippen LogP contribution in [0.1, 0.15) is 13.3 Å². The minimum atomic E-state index is -0.296. The molecule has 1 atom stereocenters. The van der Waals surface area contributed by atoms with Crippen molar-refractivity contribution in [3.63, 3.8) is 0 Å². The number of carbonyl (C=O) groups excluding carboxylic acids is 1. The first-order valence-electron chi connectivity index (χ1n) is 5.95. The van der Waals surface area contributed by atoms with Crippen LogP contribution in [0.4, 0.5) is 4.39 Å². The maximum atomic E-state index is 12.7. The number of carbonyl (C=O) groups is 1. The molecule has 0 heterocycles. The van der Waals surface area contributed by atoms with Crippen molar-refractivity contribution in [3.8, 4) is 5.75 Å². The summed E-state index contributed by atoms with van der Waals surface area (Å²) in [5, 5.41) is 5.67. The SMILES string of the molecule is CNCCC(=O)NCC(C)Oc1ccc(F)cc1. The number of halogens is 1. The molecule has 0 aliphatic heterocycles. The Morgan fingerprint density at radius 1 is 1.39 bits per heavy atom. The van der Waals surface area contributed by atoms with E-state index in [9.17, 15) is 9.18 Å². The lowest BCUT2D eigenvalue weighted by Crippen LogP contribution is -2.34. The third-order valence-electron chi connectivity index (χ3n) is 2.34. The number of hydrogen-bond acceptors (Lipinski definition) is 3. The van der Waals surface area contributed by atoms with Gasteiger partial charge < -0.3 is 15.4 Å². The molecule has 0 aromatic heterocycles. The quantitative estimate of drug-likeness (QED) is 0.771.